The van der Waals surface area contributed by atoms with E-state index < -0.39 is 21.8 Å². The molecular weight excluding hydrogens is 311 g/mol. The number of pyridine rings is 1. The van der Waals surface area contributed by atoms with Crippen molar-refractivity contribution in [3.8, 4) is 0 Å². The fourth-order valence-corrected chi connectivity index (χ4v) is 3.04. The van der Waals surface area contributed by atoms with Gasteiger partial charge in [-0.25, -0.2) is 22.6 Å². The van der Waals surface area contributed by atoms with Crippen LogP contribution in [0.3, 0.4) is 0 Å². The maximum absolute atomic E-state index is 13.3. The molecule has 1 aromatic carbocycles. The van der Waals surface area contributed by atoms with Crippen LogP contribution >= 0.6 is 0 Å². The third-order valence-corrected chi connectivity index (χ3v) is 4.36. The van der Waals surface area contributed by atoms with E-state index >= 15 is 0 Å². The largest absolute Gasteiger partial charge is 0.465 e. The van der Waals surface area contributed by atoms with Crippen molar-refractivity contribution in [1.82, 2.24) is 4.98 Å². The summed E-state index contributed by atoms with van der Waals surface area (Å²) in [5.74, 6) is -1.35. The number of carbonyl (C=O) groups is 1. The molecule has 116 valence electrons. The van der Waals surface area contributed by atoms with Gasteiger partial charge in [-0.15, -0.1) is 0 Å². The van der Waals surface area contributed by atoms with Crippen molar-refractivity contribution in [3.63, 3.8) is 0 Å². The van der Waals surface area contributed by atoms with Gasteiger partial charge in [0.05, 0.1) is 17.6 Å². The Morgan fingerprint density at radius 1 is 1.27 bits per heavy atom. The second-order valence-electron chi connectivity index (χ2n) is 4.44. The number of carbonyl (C=O) groups excluding carboxylic acids is 1. The van der Waals surface area contributed by atoms with Gasteiger partial charge in [-0.3, -0.25) is 4.72 Å². The minimum Gasteiger partial charge on any atom is -0.465 e. The Morgan fingerprint density at radius 3 is 2.68 bits per heavy atom. The van der Waals surface area contributed by atoms with Crippen molar-refractivity contribution in [2.24, 2.45) is 0 Å². The van der Waals surface area contributed by atoms with Crippen LogP contribution in [0.15, 0.2) is 41.4 Å². The van der Waals surface area contributed by atoms with Gasteiger partial charge in [0.25, 0.3) is 10.0 Å². The number of sulfonamides is 1. The summed E-state index contributed by atoms with van der Waals surface area (Å²) in [6.45, 7) is 1.55. The second-order valence-corrected chi connectivity index (χ2v) is 6.09. The average molecular weight is 324 g/mol. The van der Waals surface area contributed by atoms with E-state index in [1.165, 1.54) is 37.6 Å². The first-order chi connectivity index (χ1) is 10.3. The lowest BCUT2D eigenvalue weighted by molar-refractivity contribution is 0.0600. The fraction of sp³-hybridized carbons (Fsp3) is 0.143. The summed E-state index contributed by atoms with van der Waals surface area (Å²) in [4.78, 5) is 15.1. The van der Waals surface area contributed by atoms with Gasteiger partial charge >= 0.3 is 5.97 Å². The molecule has 0 amide bonds. The smallest absolute Gasteiger partial charge is 0.338 e. The highest BCUT2D eigenvalue weighted by Crippen LogP contribution is 2.20. The molecule has 2 rings (SSSR count). The van der Waals surface area contributed by atoms with Crippen LogP contribution in [0.4, 0.5) is 10.2 Å². The summed E-state index contributed by atoms with van der Waals surface area (Å²) in [5.41, 5.74) is 0.532. The highest BCUT2D eigenvalue weighted by molar-refractivity contribution is 7.92. The molecule has 0 spiro atoms. The monoisotopic (exact) mass is 324 g/mol. The normalized spacial score (nSPS) is 11.0. The maximum atomic E-state index is 13.3. The third-order valence-electron chi connectivity index (χ3n) is 2.86. The number of esters is 1. The number of rotatable bonds is 4. The molecule has 8 heteroatoms. The summed E-state index contributed by atoms with van der Waals surface area (Å²) in [5, 5.41) is 0. The van der Waals surface area contributed by atoms with E-state index in [-0.39, 0.29) is 16.3 Å². The minimum absolute atomic E-state index is 0.0634. The summed E-state index contributed by atoms with van der Waals surface area (Å²) >= 11 is 0. The molecule has 1 aromatic heterocycles. The Kier molecular flexibility index (Phi) is 4.41. The molecule has 0 saturated carbocycles. The van der Waals surface area contributed by atoms with Gasteiger partial charge in [0, 0.05) is 6.20 Å². The molecule has 1 heterocycles. The molecule has 0 saturated heterocycles. The van der Waals surface area contributed by atoms with Gasteiger partial charge in [-0.05, 0) is 36.8 Å². The third kappa shape index (κ3) is 3.40. The summed E-state index contributed by atoms with van der Waals surface area (Å²) < 4.78 is 44.6. The zero-order valence-electron chi connectivity index (χ0n) is 11.8. The van der Waals surface area contributed by atoms with Gasteiger partial charge < -0.3 is 4.74 Å². The van der Waals surface area contributed by atoms with Crippen LogP contribution in [0.1, 0.15) is 15.9 Å². The lowest BCUT2D eigenvalue weighted by atomic mass is 10.2. The standard InChI is InChI=1S/C14H13FN2O4S/c1-9-3-4-11(15)8-12(9)22(19,20)17-13-7-10(5-6-16-13)14(18)21-2/h3-8H,1-2H3,(H,16,17). The Balaban J connectivity index is 2.37. The first-order valence-corrected chi connectivity index (χ1v) is 7.65. The van der Waals surface area contributed by atoms with Gasteiger partial charge in [-0.1, -0.05) is 6.07 Å². The quantitative estimate of drug-likeness (QED) is 0.871. The summed E-state index contributed by atoms with van der Waals surface area (Å²) in [6.07, 6.45) is 1.27. The van der Waals surface area contributed by atoms with Crippen LogP contribution in [0.5, 0.6) is 0 Å². The number of benzene rings is 1. The van der Waals surface area contributed by atoms with Crippen molar-refractivity contribution in [3.05, 3.63) is 53.5 Å². The first kappa shape index (κ1) is 15.9. The van der Waals surface area contributed by atoms with Gasteiger partial charge in [0.2, 0.25) is 0 Å². The lowest BCUT2D eigenvalue weighted by Crippen LogP contribution is -2.16. The number of ether oxygens (including phenoxy) is 1. The molecule has 0 aliphatic carbocycles. The molecule has 0 unspecified atom stereocenters. The minimum atomic E-state index is -4.02. The lowest BCUT2D eigenvalue weighted by Gasteiger charge is -2.10. The molecule has 0 fully saturated rings. The molecule has 0 aliphatic rings. The first-order valence-electron chi connectivity index (χ1n) is 6.17. The van der Waals surface area contributed by atoms with E-state index in [4.69, 9.17) is 0 Å². The number of nitrogens with zero attached hydrogens (tertiary/aromatic N) is 1. The molecule has 0 aliphatic heterocycles. The topological polar surface area (TPSA) is 85.4 Å². The highest BCUT2D eigenvalue weighted by atomic mass is 32.2. The number of methoxy groups -OCH3 is 1. The van der Waals surface area contributed by atoms with E-state index in [1.807, 2.05) is 0 Å². The zero-order chi connectivity index (χ0) is 16.3. The van der Waals surface area contributed by atoms with Gasteiger partial charge in [-0.2, -0.15) is 0 Å². The molecule has 6 nitrogen and oxygen atoms in total. The van der Waals surface area contributed by atoms with E-state index in [2.05, 4.69) is 14.4 Å². The van der Waals surface area contributed by atoms with Crippen molar-refractivity contribution < 1.29 is 22.3 Å². The zero-order valence-corrected chi connectivity index (χ0v) is 12.6. The molecule has 1 N–H and O–H groups in total. The van der Waals surface area contributed by atoms with Crippen molar-refractivity contribution in [2.45, 2.75) is 11.8 Å². The maximum Gasteiger partial charge on any atom is 0.338 e. The van der Waals surface area contributed by atoms with Crippen LogP contribution in [-0.4, -0.2) is 26.5 Å². The number of anilines is 1. The van der Waals surface area contributed by atoms with Crippen molar-refractivity contribution >= 4 is 21.8 Å². The number of nitrogens with one attached hydrogen (secondary N) is 1. The average Bonchev–Trinajstić information content (AvgIpc) is 2.48. The molecule has 2 aromatic rings. The van der Waals surface area contributed by atoms with E-state index in [0.29, 0.717) is 5.56 Å². The number of aryl methyl sites for hydroxylation is 1. The van der Waals surface area contributed by atoms with Crippen LogP contribution in [0, 0.1) is 12.7 Å². The van der Waals surface area contributed by atoms with Crippen molar-refractivity contribution in [2.75, 3.05) is 11.8 Å². The number of aromatic nitrogens is 1. The SMILES string of the molecule is COC(=O)c1ccnc(NS(=O)(=O)c2cc(F)ccc2C)c1. The Morgan fingerprint density at radius 2 is 2.00 bits per heavy atom. The Labute approximate surface area is 127 Å². The van der Waals surface area contributed by atoms with E-state index in [1.54, 1.807) is 6.92 Å². The predicted molar refractivity (Wildman–Crippen MR) is 77.5 cm³/mol. The second kappa shape index (κ2) is 6.10. The highest BCUT2D eigenvalue weighted by Gasteiger charge is 2.19. The van der Waals surface area contributed by atoms with E-state index in [0.717, 1.165) is 6.07 Å². The van der Waals surface area contributed by atoms with Crippen LogP contribution in [0.25, 0.3) is 0 Å². The van der Waals surface area contributed by atoms with Crippen molar-refractivity contribution in [1.29, 1.82) is 0 Å². The number of hydrogen-bond acceptors (Lipinski definition) is 5. The molecule has 22 heavy (non-hydrogen) atoms. The van der Waals surface area contributed by atoms with Gasteiger partial charge in [0.1, 0.15) is 11.6 Å². The summed E-state index contributed by atoms with van der Waals surface area (Å²) in [7, 11) is -2.81. The Bertz CT molecular complexity index is 821. The Hall–Kier alpha value is -2.48. The number of halogens is 1. The van der Waals surface area contributed by atoms with Gasteiger partial charge in [0.15, 0.2) is 0 Å². The molecule has 0 radical (unpaired) electrons. The summed E-state index contributed by atoms with van der Waals surface area (Å²) in [6, 6.07) is 6.07. The van der Waals surface area contributed by atoms with Crippen LogP contribution in [-0.2, 0) is 14.8 Å². The molecular formula is C14H13FN2O4S. The van der Waals surface area contributed by atoms with E-state index in [9.17, 15) is 17.6 Å². The van der Waals surface area contributed by atoms with Crippen LogP contribution < -0.4 is 4.72 Å². The fourth-order valence-electron chi connectivity index (χ4n) is 1.79. The van der Waals surface area contributed by atoms with Crippen LogP contribution in [0.2, 0.25) is 0 Å². The molecule has 0 atom stereocenters. The molecule has 0 bridgehead atoms. The number of hydrogen-bond donors (Lipinski definition) is 1. The predicted octanol–water partition coefficient (Wildman–Crippen LogP) is 2.12.